The lowest BCUT2D eigenvalue weighted by Gasteiger charge is -2.57. The van der Waals surface area contributed by atoms with E-state index in [1.807, 2.05) is 24.0 Å². The number of aromatic nitrogens is 3. The molecule has 1 aliphatic carbocycles. The first-order valence-electron chi connectivity index (χ1n) is 11.0. The second-order valence-corrected chi connectivity index (χ2v) is 8.71. The van der Waals surface area contributed by atoms with Gasteiger partial charge >= 0.3 is 0 Å². The Bertz CT molecular complexity index is 1120. The molecule has 2 bridgehead atoms. The van der Waals surface area contributed by atoms with Crippen molar-refractivity contribution in [2.45, 2.75) is 38.8 Å². The van der Waals surface area contributed by atoms with E-state index in [9.17, 15) is 9.18 Å². The quantitative estimate of drug-likeness (QED) is 0.601. The Balaban J connectivity index is 1.46. The molecular formula is C25H25FN4O2. The molecule has 6 rings (SSSR count). The van der Waals surface area contributed by atoms with Crippen LogP contribution in [-0.4, -0.2) is 44.4 Å². The highest BCUT2D eigenvalue weighted by Crippen LogP contribution is 2.47. The zero-order valence-corrected chi connectivity index (χ0v) is 18.1. The van der Waals surface area contributed by atoms with Crippen molar-refractivity contribution in [1.29, 1.82) is 0 Å². The lowest BCUT2D eigenvalue weighted by molar-refractivity contribution is -0.0672. The topological polar surface area (TPSA) is 68.2 Å². The van der Waals surface area contributed by atoms with Crippen molar-refractivity contribution in [3.63, 3.8) is 0 Å². The number of aryl methyl sites for hydroxylation is 1. The minimum Gasteiger partial charge on any atom is -0.491 e. The Hall–Kier alpha value is -3.35. The molecule has 0 unspecified atom stereocenters. The highest BCUT2D eigenvalue weighted by molar-refractivity contribution is 5.98. The van der Waals surface area contributed by atoms with Gasteiger partial charge in [-0.3, -0.25) is 4.79 Å². The zero-order valence-electron chi connectivity index (χ0n) is 18.1. The molecule has 0 N–H and O–H groups in total. The number of pyridine rings is 1. The fourth-order valence-electron chi connectivity index (χ4n) is 4.85. The summed E-state index contributed by atoms with van der Waals surface area (Å²) in [5.41, 5.74) is 1.78. The third-order valence-corrected chi connectivity index (χ3v) is 6.76. The summed E-state index contributed by atoms with van der Waals surface area (Å²) in [7, 11) is 0. The zero-order chi connectivity index (χ0) is 22.2. The van der Waals surface area contributed by atoms with Gasteiger partial charge in [-0.2, -0.15) is 0 Å². The molecule has 0 spiro atoms. The normalized spacial score (nSPS) is 24.0. The Labute approximate surface area is 186 Å². The van der Waals surface area contributed by atoms with Crippen LogP contribution in [-0.2, 0) is 0 Å². The maximum absolute atomic E-state index is 13.9. The average Bonchev–Trinajstić information content (AvgIpc) is 2.78. The third kappa shape index (κ3) is 3.72. The van der Waals surface area contributed by atoms with Crippen LogP contribution in [0.1, 0.15) is 35.9 Å². The van der Waals surface area contributed by atoms with E-state index in [2.05, 4.69) is 21.9 Å². The van der Waals surface area contributed by atoms with E-state index in [0.29, 0.717) is 41.3 Å². The monoisotopic (exact) mass is 432 g/mol. The van der Waals surface area contributed by atoms with Crippen molar-refractivity contribution >= 4 is 5.91 Å². The number of rotatable bonds is 5. The van der Waals surface area contributed by atoms with Gasteiger partial charge < -0.3 is 9.64 Å². The number of piperidine rings is 2. The molecule has 1 saturated carbocycles. The summed E-state index contributed by atoms with van der Waals surface area (Å²) >= 11 is 0. The molecule has 2 saturated heterocycles. The largest absolute Gasteiger partial charge is 0.491 e. The van der Waals surface area contributed by atoms with Crippen LogP contribution < -0.4 is 4.74 Å². The fourth-order valence-corrected chi connectivity index (χ4v) is 4.85. The summed E-state index contributed by atoms with van der Waals surface area (Å²) in [6.07, 6.45) is 5.33. The van der Waals surface area contributed by atoms with Crippen LogP contribution in [0.4, 0.5) is 4.39 Å². The first kappa shape index (κ1) is 20.5. The number of nitrogens with zero attached hydrogens (tertiary/aromatic N) is 4. The summed E-state index contributed by atoms with van der Waals surface area (Å²) in [5, 5.41) is 0. The van der Waals surface area contributed by atoms with Crippen molar-refractivity contribution in [1.82, 2.24) is 19.9 Å². The molecule has 6 nitrogen and oxygen atoms in total. The summed E-state index contributed by atoms with van der Waals surface area (Å²) < 4.78 is 19.2. The second-order valence-electron chi connectivity index (χ2n) is 8.71. The molecule has 2 aliphatic heterocycles. The summed E-state index contributed by atoms with van der Waals surface area (Å²) in [4.78, 5) is 29.1. The number of amides is 1. The van der Waals surface area contributed by atoms with Crippen LogP contribution in [0.15, 0.2) is 54.9 Å². The highest BCUT2D eigenvalue weighted by atomic mass is 19.1. The Morgan fingerprint density at radius 1 is 1.12 bits per heavy atom. The van der Waals surface area contributed by atoms with E-state index >= 15 is 0 Å². The third-order valence-electron chi connectivity index (χ3n) is 6.76. The molecule has 2 atom stereocenters. The number of hydrogen-bond acceptors (Lipinski definition) is 5. The number of ether oxygens (including phenoxy) is 1. The van der Waals surface area contributed by atoms with Gasteiger partial charge in [0.2, 0.25) is 0 Å². The molecule has 0 radical (unpaired) electrons. The Kier molecular flexibility index (Phi) is 5.33. The van der Waals surface area contributed by atoms with Crippen molar-refractivity contribution in [2.24, 2.45) is 11.8 Å². The Morgan fingerprint density at radius 2 is 1.84 bits per heavy atom. The first-order chi connectivity index (χ1) is 15.5. The van der Waals surface area contributed by atoms with E-state index in [1.165, 1.54) is 12.1 Å². The number of carbonyl (C=O) groups excluding carboxylic acids is 1. The van der Waals surface area contributed by atoms with Crippen molar-refractivity contribution in [3.8, 4) is 17.1 Å². The van der Waals surface area contributed by atoms with E-state index in [1.54, 1.807) is 30.6 Å². The van der Waals surface area contributed by atoms with E-state index in [4.69, 9.17) is 4.74 Å². The molecule has 7 heteroatoms. The van der Waals surface area contributed by atoms with E-state index in [0.717, 1.165) is 18.5 Å². The van der Waals surface area contributed by atoms with Gasteiger partial charge in [0.1, 0.15) is 23.9 Å². The SMILES string of the molecule is Cc1ccc(-c2ncccn2)c(C(=O)N2C3CC(C3)[C@@H](C)[C@@H]2COc2ccc(F)cc2)n1. The number of carbonyl (C=O) groups is 1. The number of fused-ring (bicyclic) bond motifs is 2. The average molecular weight is 432 g/mol. The number of halogens is 1. The Morgan fingerprint density at radius 3 is 2.56 bits per heavy atom. The van der Waals surface area contributed by atoms with Gasteiger partial charge in [0, 0.05) is 24.1 Å². The van der Waals surface area contributed by atoms with Gasteiger partial charge in [-0.1, -0.05) is 6.92 Å². The van der Waals surface area contributed by atoms with Gasteiger partial charge in [0.05, 0.1) is 11.6 Å². The second kappa shape index (κ2) is 8.30. The van der Waals surface area contributed by atoms with Crippen LogP contribution in [0.2, 0.25) is 0 Å². The lowest BCUT2D eigenvalue weighted by Crippen LogP contribution is -2.64. The summed E-state index contributed by atoms with van der Waals surface area (Å²) in [5.74, 6) is 1.55. The van der Waals surface area contributed by atoms with Crippen LogP contribution in [0.3, 0.4) is 0 Å². The molecule has 164 valence electrons. The van der Waals surface area contributed by atoms with Crippen LogP contribution in [0, 0.1) is 24.6 Å². The molecule has 4 heterocycles. The number of benzene rings is 1. The maximum atomic E-state index is 13.9. The van der Waals surface area contributed by atoms with Crippen molar-refractivity contribution in [2.75, 3.05) is 6.61 Å². The van der Waals surface area contributed by atoms with Gasteiger partial charge in [-0.05, 0) is 74.1 Å². The molecule has 3 aromatic rings. The summed E-state index contributed by atoms with van der Waals surface area (Å²) in [6, 6.07) is 11.6. The first-order valence-corrected chi connectivity index (χ1v) is 11.0. The van der Waals surface area contributed by atoms with E-state index in [-0.39, 0.29) is 23.8 Å². The fraction of sp³-hybridized carbons (Fsp3) is 0.360. The number of hydrogen-bond donors (Lipinski definition) is 0. The van der Waals surface area contributed by atoms with Gasteiger partial charge in [0.15, 0.2) is 5.82 Å². The van der Waals surface area contributed by atoms with Gasteiger partial charge in [-0.15, -0.1) is 0 Å². The van der Waals surface area contributed by atoms with E-state index < -0.39 is 0 Å². The van der Waals surface area contributed by atoms with Crippen LogP contribution in [0.5, 0.6) is 5.75 Å². The molecule has 3 fully saturated rings. The van der Waals surface area contributed by atoms with Crippen molar-refractivity contribution in [3.05, 3.63) is 72.1 Å². The van der Waals surface area contributed by atoms with Gasteiger partial charge in [-0.25, -0.2) is 19.3 Å². The smallest absolute Gasteiger partial charge is 0.273 e. The highest BCUT2D eigenvalue weighted by Gasteiger charge is 2.51. The standard InChI is InChI=1S/C25H25FN4O2/c1-15-4-9-21(24-27-10-3-11-28-24)23(29-15)25(31)30-19-12-17(13-19)16(2)22(30)14-32-20-7-5-18(26)6-8-20/h3-11,16-17,19,22H,12-14H2,1-2H3/t16-,17?,19?,22+/m1/s1. The molecule has 1 amide bonds. The minimum absolute atomic E-state index is 0.0862. The molecule has 32 heavy (non-hydrogen) atoms. The van der Waals surface area contributed by atoms with Crippen molar-refractivity contribution < 1.29 is 13.9 Å². The minimum atomic E-state index is -0.303. The lowest BCUT2D eigenvalue weighted by atomic mass is 9.64. The maximum Gasteiger partial charge on any atom is 0.273 e. The predicted octanol–water partition coefficient (Wildman–Crippen LogP) is 4.30. The molecule has 2 aromatic heterocycles. The van der Waals surface area contributed by atoms with Crippen LogP contribution in [0.25, 0.3) is 11.4 Å². The predicted molar refractivity (Wildman–Crippen MR) is 118 cm³/mol. The molecular weight excluding hydrogens is 407 g/mol. The van der Waals surface area contributed by atoms with Gasteiger partial charge in [0.25, 0.3) is 5.91 Å². The molecule has 3 aliphatic rings. The summed E-state index contributed by atoms with van der Waals surface area (Å²) in [6.45, 7) is 4.41. The molecule has 1 aromatic carbocycles. The van der Waals surface area contributed by atoms with Crippen LogP contribution >= 0.6 is 0 Å².